The molecule has 1 aromatic carbocycles. The lowest BCUT2D eigenvalue weighted by atomic mass is 10.0. The van der Waals surface area contributed by atoms with Gasteiger partial charge in [0.15, 0.2) is 0 Å². The Morgan fingerprint density at radius 2 is 1.29 bits per heavy atom. The Bertz CT molecular complexity index is 832. The predicted octanol–water partition coefficient (Wildman–Crippen LogP) is 8.63. The minimum atomic E-state index is -0.428. The van der Waals surface area contributed by atoms with Crippen LogP contribution in [0, 0.1) is 13.7 Å². The molecule has 0 spiro atoms. The highest BCUT2D eigenvalue weighted by Gasteiger charge is 2.22. The molecule has 0 bridgehead atoms. The molecule has 1 heterocycles. The smallest absolute Gasteiger partial charge is 0.353 e. The monoisotopic (exact) mass is 581 g/mol. The fraction of sp³-hybridized carbons (Fsp3) is 0.615. The second-order valence-corrected chi connectivity index (χ2v) is 10.1. The Hall–Kier alpha value is -1.97. The highest BCUT2D eigenvalue weighted by atomic mass is 127. The van der Waals surface area contributed by atoms with Gasteiger partial charge in [-0.2, -0.15) is 0 Å². The number of nitrogens with one attached hydrogen (secondary N) is 2. The van der Waals surface area contributed by atoms with Crippen LogP contribution >= 0.6 is 22.6 Å². The molecule has 0 aliphatic heterocycles. The van der Waals surface area contributed by atoms with E-state index in [-0.39, 0.29) is 17.3 Å². The van der Waals surface area contributed by atoms with Crippen molar-refractivity contribution in [2.24, 2.45) is 0 Å². The van der Waals surface area contributed by atoms with Crippen LogP contribution in [0.1, 0.15) is 96.8 Å². The minimum Gasteiger partial charge on any atom is -0.364 e. The lowest BCUT2D eigenvalue weighted by Crippen LogP contribution is -2.09. The third kappa shape index (κ3) is 11.4. The van der Waals surface area contributed by atoms with E-state index in [9.17, 15) is 10.1 Å². The summed E-state index contributed by atoms with van der Waals surface area (Å²) in [5.74, 6) is 0.465. The van der Waals surface area contributed by atoms with Gasteiger partial charge in [0.25, 0.3) is 0 Å². The fourth-order valence-corrected chi connectivity index (χ4v) is 4.33. The molecular weight excluding hydrogens is 541 g/mol. The van der Waals surface area contributed by atoms with Gasteiger partial charge in [0, 0.05) is 15.8 Å². The minimum absolute atomic E-state index is 0.119. The van der Waals surface area contributed by atoms with E-state index in [2.05, 4.69) is 50.1 Å². The molecule has 188 valence electrons. The number of unbranched alkanes of at least 4 members (excludes halogenated alkanes) is 13. The molecule has 2 aromatic rings. The summed E-state index contributed by atoms with van der Waals surface area (Å²) in [6.07, 6.45) is 19.7. The first-order valence-electron chi connectivity index (χ1n) is 12.9. The molecule has 0 amide bonds. The van der Waals surface area contributed by atoms with E-state index >= 15 is 0 Å². The number of rotatable bonds is 19. The standard InChI is InChI=1S/C26H40IN5O2/c1-2-3-4-5-6-7-8-9-10-11-12-13-14-15-20-28-25-24(32(33)34)26(30-21-29-25)31-23-18-16-22(27)17-19-23/h16-19,21H,2-15,20H2,1H3,(H2,28,29,30,31). The molecule has 1 aromatic heterocycles. The normalized spacial score (nSPS) is 10.9. The number of nitro groups is 1. The molecule has 0 saturated carbocycles. The molecule has 8 heteroatoms. The summed E-state index contributed by atoms with van der Waals surface area (Å²) in [7, 11) is 0. The summed E-state index contributed by atoms with van der Waals surface area (Å²) in [6.45, 7) is 2.93. The van der Waals surface area contributed by atoms with Crippen molar-refractivity contribution in [3.8, 4) is 0 Å². The van der Waals surface area contributed by atoms with Gasteiger partial charge >= 0.3 is 5.69 Å². The average molecular weight is 582 g/mol. The summed E-state index contributed by atoms with van der Waals surface area (Å²) in [4.78, 5) is 19.5. The third-order valence-electron chi connectivity index (χ3n) is 5.93. The molecule has 2 N–H and O–H groups in total. The summed E-state index contributed by atoms with van der Waals surface area (Å²) in [6, 6.07) is 7.61. The van der Waals surface area contributed by atoms with Crippen LogP contribution in [0.4, 0.5) is 23.0 Å². The molecule has 0 aliphatic rings. The lowest BCUT2D eigenvalue weighted by Gasteiger charge is -2.10. The predicted molar refractivity (Wildman–Crippen MR) is 150 cm³/mol. The quantitative estimate of drug-likeness (QED) is 0.0747. The molecule has 0 fully saturated rings. The van der Waals surface area contributed by atoms with Crippen LogP contribution in [0.25, 0.3) is 0 Å². The fourth-order valence-electron chi connectivity index (χ4n) is 3.97. The third-order valence-corrected chi connectivity index (χ3v) is 6.65. The van der Waals surface area contributed by atoms with Crippen molar-refractivity contribution in [2.75, 3.05) is 17.2 Å². The second kappa shape index (κ2) is 17.5. The van der Waals surface area contributed by atoms with Crippen molar-refractivity contribution in [1.82, 2.24) is 9.97 Å². The first-order valence-corrected chi connectivity index (χ1v) is 14.0. The van der Waals surface area contributed by atoms with Crippen molar-refractivity contribution < 1.29 is 4.92 Å². The van der Waals surface area contributed by atoms with Gasteiger partial charge in [0.2, 0.25) is 11.6 Å². The first kappa shape index (κ1) is 28.3. The SMILES string of the molecule is CCCCCCCCCCCCCCCCNc1ncnc(Nc2ccc(I)cc2)c1[N+](=O)[O-]. The molecule has 0 unspecified atom stereocenters. The number of halogens is 1. The molecule has 0 radical (unpaired) electrons. The number of nitrogens with zero attached hydrogens (tertiary/aromatic N) is 3. The van der Waals surface area contributed by atoms with Crippen molar-refractivity contribution in [1.29, 1.82) is 0 Å². The Labute approximate surface area is 218 Å². The van der Waals surface area contributed by atoms with Crippen LogP contribution in [0.15, 0.2) is 30.6 Å². The second-order valence-electron chi connectivity index (χ2n) is 8.83. The zero-order valence-corrected chi connectivity index (χ0v) is 22.7. The van der Waals surface area contributed by atoms with E-state index in [1.54, 1.807) is 0 Å². The van der Waals surface area contributed by atoms with Gasteiger partial charge in [-0.3, -0.25) is 10.1 Å². The van der Waals surface area contributed by atoms with Crippen LogP contribution in [-0.4, -0.2) is 21.4 Å². The summed E-state index contributed by atoms with van der Waals surface area (Å²) in [5, 5.41) is 17.9. The van der Waals surface area contributed by atoms with Crippen LogP contribution in [0.3, 0.4) is 0 Å². The maximum atomic E-state index is 11.7. The van der Waals surface area contributed by atoms with E-state index in [1.165, 1.54) is 83.4 Å². The molecule has 0 saturated heterocycles. The average Bonchev–Trinajstić information content (AvgIpc) is 2.83. The van der Waals surface area contributed by atoms with Crippen LogP contribution in [0.2, 0.25) is 0 Å². The van der Waals surface area contributed by atoms with Crippen LogP contribution in [-0.2, 0) is 0 Å². The number of benzene rings is 1. The lowest BCUT2D eigenvalue weighted by molar-refractivity contribution is -0.383. The number of hydrogen-bond acceptors (Lipinski definition) is 6. The van der Waals surface area contributed by atoms with Crippen molar-refractivity contribution in [3.63, 3.8) is 0 Å². The molecule has 0 aliphatic carbocycles. The number of aromatic nitrogens is 2. The maximum Gasteiger partial charge on any atom is 0.353 e. The van der Waals surface area contributed by atoms with Gasteiger partial charge in [0.05, 0.1) is 4.92 Å². The van der Waals surface area contributed by atoms with Crippen molar-refractivity contribution >= 4 is 45.6 Å². The Kier molecular flexibility index (Phi) is 14.5. The number of hydrogen-bond donors (Lipinski definition) is 2. The van der Waals surface area contributed by atoms with Gasteiger partial charge in [-0.05, 0) is 53.3 Å². The van der Waals surface area contributed by atoms with Gasteiger partial charge in [0.1, 0.15) is 6.33 Å². The molecule has 0 atom stereocenters. The van der Waals surface area contributed by atoms with Crippen molar-refractivity contribution in [3.05, 3.63) is 44.3 Å². The van der Waals surface area contributed by atoms with Gasteiger partial charge < -0.3 is 10.6 Å². The van der Waals surface area contributed by atoms with E-state index in [1.807, 2.05) is 24.3 Å². The van der Waals surface area contributed by atoms with E-state index in [0.717, 1.165) is 22.1 Å². The van der Waals surface area contributed by atoms with Gasteiger partial charge in [-0.15, -0.1) is 0 Å². The Morgan fingerprint density at radius 1 is 0.794 bits per heavy atom. The van der Waals surface area contributed by atoms with E-state index in [0.29, 0.717) is 6.54 Å². The molecule has 2 rings (SSSR count). The van der Waals surface area contributed by atoms with E-state index < -0.39 is 4.92 Å². The topological polar surface area (TPSA) is 93.0 Å². The Morgan fingerprint density at radius 3 is 1.82 bits per heavy atom. The maximum absolute atomic E-state index is 11.7. The highest BCUT2D eigenvalue weighted by Crippen LogP contribution is 2.31. The summed E-state index contributed by atoms with van der Waals surface area (Å²) >= 11 is 2.22. The Balaban J connectivity index is 1.61. The zero-order valence-electron chi connectivity index (χ0n) is 20.5. The molecule has 34 heavy (non-hydrogen) atoms. The molecule has 7 nitrogen and oxygen atoms in total. The zero-order chi connectivity index (χ0) is 24.4. The summed E-state index contributed by atoms with van der Waals surface area (Å²) in [5.41, 5.74) is 0.631. The summed E-state index contributed by atoms with van der Waals surface area (Å²) < 4.78 is 1.09. The van der Waals surface area contributed by atoms with Crippen LogP contribution in [0.5, 0.6) is 0 Å². The van der Waals surface area contributed by atoms with Gasteiger partial charge in [-0.1, -0.05) is 90.4 Å². The highest BCUT2D eigenvalue weighted by molar-refractivity contribution is 14.1. The largest absolute Gasteiger partial charge is 0.364 e. The first-order chi connectivity index (χ1) is 16.6. The van der Waals surface area contributed by atoms with Crippen molar-refractivity contribution in [2.45, 2.75) is 96.8 Å². The molecular formula is C26H40IN5O2. The van der Waals surface area contributed by atoms with Crippen LogP contribution < -0.4 is 10.6 Å². The van der Waals surface area contributed by atoms with E-state index in [4.69, 9.17) is 0 Å². The van der Waals surface area contributed by atoms with Gasteiger partial charge in [-0.25, -0.2) is 9.97 Å². The number of anilines is 3.